The van der Waals surface area contributed by atoms with Gasteiger partial charge in [0.1, 0.15) is 6.61 Å². The zero-order valence-corrected chi connectivity index (χ0v) is 16.3. The molecule has 0 fully saturated rings. The fraction of sp³-hybridized carbons (Fsp3) is 0.174. The molecule has 0 radical (unpaired) electrons. The Balaban J connectivity index is 1.35. The molecule has 1 aliphatic carbocycles. The summed E-state index contributed by atoms with van der Waals surface area (Å²) in [5.41, 5.74) is 5.23. The first-order valence-electron chi connectivity index (χ1n) is 9.38. The largest absolute Gasteiger partial charge is 0.464 e. The summed E-state index contributed by atoms with van der Waals surface area (Å²) < 4.78 is 10.1. The number of hydrogen-bond acceptors (Lipinski definition) is 5. The first kappa shape index (κ1) is 19.3. The highest BCUT2D eigenvalue weighted by Crippen LogP contribution is 2.44. The molecule has 0 spiro atoms. The Morgan fingerprint density at radius 3 is 2.43 bits per heavy atom. The number of carbonyl (C=O) groups excluding carboxylic acids is 2. The molecule has 150 valence electrons. The average Bonchev–Trinajstić information content (AvgIpc) is 3.37. The molecule has 0 unspecified atom stereocenters. The molecule has 1 amide bonds. The Labute approximate surface area is 173 Å². The van der Waals surface area contributed by atoms with Gasteiger partial charge in [0.25, 0.3) is 0 Å². The van der Waals surface area contributed by atoms with Gasteiger partial charge in [-0.2, -0.15) is 5.10 Å². The number of ether oxygens (including phenoxy) is 2. The van der Waals surface area contributed by atoms with Crippen LogP contribution in [0.4, 0.5) is 4.79 Å². The molecule has 0 aliphatic heterocycles. The molecule has 1 aromatic heterocycles. The van der Waals surface area contributed by atoms with Crippen LogP contribution < -0.4 is 5.32 Å². The number of alkyl carbamates (subject to hydrolysis) is 1. The maximum atomic E-state index is 12.1. The number of nitrogens with one attached hydrogen (secondary N) is 2. The van der Waals surface area contributed by atoms with Crippen molar-refractivity contribution >= 4 is 12.1 Å². The van der Waals surface area contributed by atoms with Gasteiger partial charge >= 0.3 is 12.1 Å². The van der Waals surface area contributed by atoms with Crippen LogP contribution in [-0.2, 0) is 9.47 Å². The Bertz CT molecular complexity index is 1110. The highest BCUT2D eigenvalue weighted by atomic mass is 16.5. The van der Waals surface area contributed by atoms with E-state index in [1.165, 1.54) is 24.4 Å². The van der Waals surface area contributed by atoms with Crippen molar-refractivity contribution in [1.82, 2.24) is 15.5 Å². The van der Waals surface area contributed by atoms with Gasteiger partial charge in [-0.05, 0) is 22.3 Å². The lowest BCUT2D eigenvalue weighted by Crippen LogP contribution is -2.26. The highest BCUT2D eigenvalue weighted by Gasteiger charge is 2.28. The molecule has 30 heavy (non-hydrogen) atoms. The van der Waals surface area contributed by atoms with Crippen LogP contribution in [0.15, 0.2) is 54.7 Å². The summed E-state index contributed by atoms with van der Waals surface area (Å²) in [5.74, 6) is 4.99. The zero-order chi connectivity index (χ0) is 20.9. The highest BCUT2D eigenvalue weighted by molar-refractivity contribution is 5.89. The van der Waals surface area contributed by atoms with Crippen LogP contribution in [0.1, 0.15) is 33.1 Å². The van der Waals surface area contributed by atoms with E-state index in [0.29, 0.717) is 5.56 Å². The van der Waals surface area contributed by atoms with Crippen molar-refractivity contribution in [2.24, 2.45) is 0 Å². The number of esters is 1. The first-order valence-corrected chi connectivity index (χ1v) is 9.38. The number of hydrogen-bond donors (Lipinski definition) is 2. The van der Waals surface area contributed by atoms with Gasteiger partial charge in [-0.25, -0.2) is 9.59 Å². The van der Waals surface area contributed by atoms with E-state index in [0.717, 1.165) is 11.1 Å². The standard InChI is InChI=1S/C23H19N3O4/c1-29-22(27)21-15(13-25-26-21)7-6-12-24-23(28)30-14-20-18-10-4-2-8-16(18)17-9-3-5-11-19(17)20/h2-5,8-11,13,20H,12,14H2,1H3,(H,24,28)(H,25,26). The number of nitrogens with zero attached hydrogens (tertiary/aromatic N) is 1. The van der Waals surface area contributed by atoms with E-state index in [2.05, 4.69) is 56.4 Å². The van der Waals surface area contributed by atoms with E-state index in [-0.39, 0.29) is 24.8 Å². The second-order valence-electron chi connectivity index (χ2n) is 6.63. The lowest BCUT2D eigenvalue weighted by Gasteiger charge is -2.14. The zero-order valence-electron chi connectivity index (χ0n) is 16.3. The maximum absolute atomic E-state index is 12.1. The lowest BCUT2D eigenvalue weighted by atomic mass is 9.98. The number of aromatic nitrogens is 2. The molecule has 3 aromatic rings. The van der Waals surface area contributed by atoms with E-state index < -0.39 is 12.1 Å². The van der Waals surface area contributed by atoms with E-state index in [4.69, 9.17) is 4.74 Å². The van der Waals surface area contributed by atoms with Gasteiger partial charge in [-0.3, -0.25) is 5.10 Å². The first-order chi connectivity index (χ1) is 14.7. The van der Waals surface area contributed by atoms with Crippen molar-refractivity contribution in [2.45, 2.75) is 5.92 Å². The molecule has 1 heterocycles. The molecular formula is C23H19N3O4. The van der Waals surface area contributed by atoms with Gasteiger partial charge in [0.2, 0.25) is 0 Å². The second-order valence-corrected chi connectivity index (χ2v) is 6.63. The minimum atomic E-state index is -0.554. The SMILES string of the molecule is COC(=O)c1[nH]ncc1C#CCNC(=O)OCC1c2ccccc2-c2ccccc21. The minimum Gasteiger partial charge on any atom is -0.464 e. The molecule has 7 heteroatoms. The Morgan fingerprint density at radius 1 is 1.10 bits per heavy atom. The second kappa shape index (κ2) is 8.53. The number of methoxy groups -OCH3 is 1. The minimum absolute atomic E-state index is 0.00257. The van der Waals surface area contributed by atoms with Crippen molar-refractivity contribution in [3.8, 4) is 23.0 Å². The average molecular weight is 401 g/mol. The molecule has 1 aliphatic rings. The van der Waals surface area contributed by atoms with Crippen LogP contribution in [0.2, 0.25) is 0 Å². The van der Waals surface area contributed by atoms with E-state index in [9.17, 15) is 9.59 Å². The number of carbonyl (C=O) groups is 2. The summed E-state index contributed by atoms with van der Waals surface area (Å²) in [6, 6.07) is 16.3. The van der Waals surface area contributed by atoms with Crippen molar-refractivity contribution in [3.63, 3.8) is 0 Å². The Kier molecular flexibility index (Phi) is 5.48. The number of amides is 1. The third kappa shape index (κ3) is 3.76. The van der Waals surface area contributed by atoms with Crippen LogP contribution >= 0.6 is 0 Å². The maximum Gasteiger partial charge on any atom is 0.407 e. The summed E-state index contributed by atoms with van der Waals surface area (Å²) in [7, 11) is 1.28. The summed E-state index contributed by atoms with van der Waals surface area (Å²) in [6.07, 6.45) is 0.874. The normalized spacial score (nSPS) is 11.6. The topological polar surface area (TPSA) is 93.3 Å². The van der Waals surface area contributed by atoms with Crippen LogP contribution in [-0.4, -0.2) is 42.5 Å². The van der Waals surface area contributed by atoms with Gasteiger partial charge < -0.3 is 14.8 Å². The van der Waals surface area contributed by atoms with Crippen molar-refractivity contribution < 1.29 is 19.1 Å². The molecule has 0 saturated carbocycles. The smallest absolute Gasteiger partial charge is 0.407 e. The van der Waals surface area contributed by atoms with Gasteiger partial charge in [-0.15, -0.1) is 0 Å². The summed E-state index contributed by atoms with van der Waals surface area (Å²) in [6.45, 7) is 0.309. The van der Waals surface area contributed by atoms with Gasteiger partial charge in [0.15, 0.2) is 5.69 Å². The number of benzene rings is 2. The number of H-pyrrole nitrogens is 1. The van der Waals surface area contributed by atoms with Gasteiger partial charge in [0, 0.05) is 5.92 Å². The van der Waals surface area contributed by atoms with E-state index in [1.54, 1.807) is 0 Å². The molecule has 0 bridgehead atoms. The van der Waals surface area contributed by atoms with Gasteiger partial charge in [-0.1, -0.05) is 60.4 Å². The molecule has 4 rings (SSSR count). The van der Waals surface area contributed by atoms with E-state index >= 15 is 0 Å². The lowest BCUT2D eigenvalue weighted by molar-refractivity contribution is 0.0593. The number of rotatable bonds is 4. The Morgan fingerprint density at radius 2 is 1.77 bits per heavy atom. The third-order valence-electron chi connectivity index (χ3n) is 4.92. The van der Waals surface area contributed by atoms with Crippen molar-refractivity contribution in [1.29, 1.82) is 0 Å². The molecule has 7 nitrogen and oxygen atoms in total. The van der Waals surface area contributed by atoms with Crippen molar-refractivity contribution in [2.75, 3.05) is 20.3 Å². The van der Waals surface area contributed by atoms with Crippen LogP contribution in [0.5, 0.6) is 0 Å². The fourth-order valence-electron chi connectivity index (χ4n) is 3.54. The molecule has 0 saturated heterocycles. The van der Waals surface area contributed by atoms with Crippen LogP contribution in [0, 0.1) is 11.8 Å². The number of aromatic amines is 1. The predicted octanol–water partition coefficient (Wildman–Crippen LogP) is 3.09. The summed E-state index contributed by atoms with van der Waals surface area (Å²) in [4.78, 5) is 23.7. The quantitative estimate of drug-likeness (QED) is 0.518. The summed E-state index contributed by atoms with van der Waals surface area (Å²) >= 11 is 0. The fourth-order valence-corrected chi connectivity index (χ4v) is 3.54. The Hall–Kier alpha value is -4.05. The van der Waals surface area contributed by atoms with Crippen molar-refractivity contribution in [3.05, 3.63) is 77.1 Å². The molecular weight excluding hydrogens is 382 g/mol. The predicted molar refractivity (Wildman–Crippen MR) is 110 cm³/mol. The monoisotopic (exact) mass is 401 g/mol. The molecule has 2 aromatic carbocycles. The number of fused-ring (bicyclic) bond motifs is 3. The van der Waals surface area contributed by atoms with Crippen LogP contribution in [0.3, 0.4) is 0 Å². The van der Waals surface area contributed by atoms with Crippen LogP contribution in [0.25, 0.3) is 11.1 Å². The molecule has 2 N–H and O–H groups in total. The van der Waals surface area contributed by atoms with E-state index in [1.807, 2.05) is 24.3 Å². The third-order valence-corrected chi connectivity index (χ3v) is 4.92. The molecule has 0 atom stereocenters. The van der Waals surface area contributed by atoms with Gasteiger partial charge in [0.05, 0.1) is 25.4 Å². The summed E-state index contributed by atoms with van der Waals surface area (Å²) in [5, 5.41) is 8.91.